The zero-order valence-electron chi connectivity index (χ0n) is 13.7. The van der Waals surface area contributed by atoms with Crippen molar-refractivity contribution in [3.63, 3.8) is 0 Å². The molecule has 0 saturated heterocycles. The van der Waals surface area contributed by atoms with Gasteiger partial charge in [-0.15, -0.1) is 0 Å². The maximum Gasteiger partial charge on any atom is 0.416 e. The summed E-state index contributed by atoms with van der Waals surface area (Å²) in [7, 11) is 0. The quantitative estimate of drug-likeness (QED) is 0.743. The van der Waals surface area contributed by atoms with Gasteiger partial charge in [0.2, 0.25) is 0 Å². The van der Waals surface area contributed by atoms with E-state index in [1.807, 2.05) is 12.1 Å². The largest absolute Gasteiger partial charge is 0.416 e. The van der Waals surface area contributed by atoms with E-state index in [2.05, 4.69) is 21.3 Å². The van der Waals surface area contributed by atoms with Gasteiger partial charge in [0.25, 0.3) is 0 Å². The Balaban J connectivity index is 1.84. The van der Waals surface area contributed by atoms with Gasteiger partial charge in [0.15, 0.2) is 5.82 Å². The standard InChI is InChI=1S/C19H15F3N4/c20-19(21,22)17-7-3-13(4-8-17)9-16(10-18-24-12-25-26-18)15-5-1-14(11-23)2-6-15/h1-8,12,16H,9-10H2,(H,24,25,26). The highest BCUT2D eigenvalue weighted by molar-refractivity contribution is 5.34. The van der Waals surface area contributed by atoms with E-state index in [1.54, 1.807) is 12.1 Å². The fourth-order valence-electron chi connectivity index (χ4n) is 2.81. The van der Waals surface area contributed by atoms with Crippen molar-refractivity contribution in [2.24, 2.45) is 0 Å². The van der Waals surface area contributed by atoms with Crippen LogP contribution >= 0.6 is 0 Å². The lowest BCUT2D eigenvalue weighted by molar-refractivity contribution is -0.137. The summed E-state index contributed by atoms with van der Waals surface area (Å²) in [4.78, 5) is 4.14. The Bertz CT molecular complexity index is 877. The van der Waals surface area contributed by atoms with Gasteiger partial charge in [-0.05, 0) is 47.7 Å². The summed E-state index contributed by atoms with van der Waals surface area (Å²) in [5.41, 5.74) is 1.67. The lowest BCUT2D eigenvalue weighted by Crippen LogP contribution is -2.09. The third-order valence-electron chi connectivity index (χ3n) is 4.17. The lowest BCUT2D eigenvalue weighted by atomic mass is 9.88. The molecule has 0 fully saturated rings. The van der Waals surface area contributed by atoms with Crippen molar-refractivity contribution in [3.8, 4) is 6.07 Å². The number of hydrogen-bond donors (Lipinski definition) is 1. The van der Waals surface area contributed by atoms with E-state index in [0.29, 0.717) is 24.2 Å². The maximum atomic E-state index is 12.7. The molecule has 1 aromatic heterocycles. The summed E-state index contributed by atoms with van der Waals surface area (Å²) >= 11 is 0. The molecule has 0 amide bonds. The normalized spacial score (nSPS) is 12.5. The van der Waals surface area contributed by atoms with E-state index in [4.69, 9.17) is 5.26 Å². The number of rotatable bonds is 5. The molecule has 0 radical (unpaired) electrons. The van der Waals surface area contributed by atoms with Gasteiger partial charge >= 0.3 is 6.18 Å². The second kappa shape index (κ2) is 7.40. The minimum atomic E-state index is -4.34. The van der Waals surface area contributed by atoms with Crippen LogP contribution in [0.5, 0.6) is 0 Å². The zero-order chi connectivity index (χ0) is 18.6. The number of aromatic amines is 1. The highest BCUT2D eigenvalue weighted by Gasteiger charge is 2.30. The van der Waals surface area contributed by atoms with Crippen molar-refractivity contribution in [1.29, 1.82) is 5.26 Å². The Morgan fingerprint density at radius 3 is 2.23 bits per heavy atom. The van der Waals surface area contributed by atoms with Crippen molar-refractivity contribution in [3.05, 3.63) is 82.9 Å². The lowest BCUT2D eigenvalue weighted by Gasteiger charge is -2.17. The molecule has 4 nitrogen and oxygen atoms in total. The minimum absolute atomic E-state index is 0.0183. The number of aromatic nitrogens is 3. The topological polar surface area (TPSA) is 65.4 Å². The van der Waals surface area contributed by atoms with Crippen LogP contribution in [0.3, 0.4) is 0 Å². The van der Waals surface area contributed by atoms with Crippen LogP contribution in [-0.2, 0) is 19.0 Å². The van der Waals surface area contributed by atoms with Crippen molar-refractivity contribution >= 4 is 0 Å². The van der Waals surface area contributed by atoms with Gasteiger partial charge in [-0.1, -0.05) is 24.3 Å². The molecule has 7 heteroatoms. The van der Waals surface area contributed by atoms with Gasteiger partial charge in [-0.2, -0.15) is 23.5 Å². The van der Waals surface area contributed by atoms with Crippen LogP contribution in [-0.4, -0.2) is 15.2 Å². The fourth-order valence-corrected chi connectivity index (χ4v) is 2.81. The van der Waals surface area contributed by atoms with Crippen molar-refractivity contribution in [2.75, 3.05) is 0 Å². The maximum absolute atomic E-state index is 12.7. The molecule has 0 spiro atoms. The molecule has 0 aliphatic carbocycles. The Morgan fingerprint density at radius 1 is 1.00 bits per heavy atom. The monoisotopic (exact) mass is 356 g/mol. The van der Waals surface area contributed by atoms with Gasteiger partial charge < -0.3 is 0 Å². The van der Waals surface area contributed by atoms with Crippen LogP contribution in [0.2, 0.25) is 0 Å². The van der Waals surface area contributed by atoms with Gasteiger partial charge in [-0.3, -0.25) is 5.10 Å². The number of halogens is 3. The molecule has 1 atom stereocenters. The molecule has 0 bridgehead atoms. The molecule has 1 unspecified atom stereocenters. The smallest absolute Gasteiger partial charge is 0.266 e. The first-order valence-corrected chi connectivity index (χ1v) is 7.96. The summed E-state index contributed by atoms with van der Waals surface area (Å²) < 4.78 is 38.2. The van der Waals surface area contributed by atoms with E-state index in [1.165, 1.54) is 18.5 Å². The molecule has 3 aromatic rings. The van der Waals surface area contributed by atoms with Crippen LogP contribution in [0.15, 0.2) is 54.9 Å². The molecule has 0 aliphatic rings. The average Bonchev–Trinajstić information content (AvgIpc) is 3.14. The Hall–Kier alpha value is -3.14. The molecular weight excluding hydrogens is 341 g/mol. The van der Waals surface area contributed by atoms with E-state index in [-0.39, 0.29) is 5.92 Å². The number of H-pyrrole nitrogens is 1. The van der Waals surface area contributed by atoms with Crippen LogP contribution in [0.1, 0.15) is 34.0 Å². The first-order valence-electron chi connectivity index (χ1n) is 7.96. The van der Waals surface area contributed by atoms with E-state index in [9.17, 15) is 13.2 Å². The van der Waals surface area contributed by atoms with Gasteiger partial charge in [-0.25, -0.2) is 4.98 Å². The van der Waals surface area contributed by atoms with Gasteiger partial charge in [0.1, 0.15) is 6.33 Å². The van der Waals surface area contributed by atoms with Crippen LogP contribution in [0.25, 0.3) is 0 Å². The van der Waals surface area contributed by atoms with E-state index >= 15 is 0 Å². The molecule has 2 aromatic carbocycles. The second-order valence-electron chi connectivity index (χ2n) is 5.95. The van der Waals surface area contributed by atoms with Crippen LogP contribution in [0.4, 0.5) is 13.2 Å². The van der Waals surface area contributed by atoms with Crippen LogP contribution in [0, 0.1) is 11.3 Å². The Morgan fingerprint density at radius 2 is 1.69 bits per heavy atom. The summed E-state index contributed by atoms with van der Waals surface area (Å²) in [5.74, 6) is 0.613. The second-order valence-corrected chi connectivity index (χ2v) is 5.95. The molecule has 1 N–H and O–H groups in total. The summed E-state index contributed by atoms with van der Waals surface area (Å²) in [6.07, 6.45) is -1.78. The number of benzene rings is 2. The first kappa shape index (κ1) is 17.7. The van der Waals surface area contributed by atoms with E-state index < -0.39 is 11.7 Å². The number of nitriles is 1. The van der Waals surface area contributed by atoms with E-state index in [0.717, 1.165) is 23.3 Å². The van der Waals surface area contributed by atoms with Gasteiger partial charge in [0.05, 0.1) is 17.2 Å². The third-order valence-corrected chi connectivity index (χ3v) is 4.17. The summed E-state index contributed by atoms with van der Waals surface area (Å²) in [5, 5.41) is 15.7. The minimum Gasteiger partial charge on any atom is -0.266 e. The molecule has 0 saturated carbocycles. The SMILES string of the molecule is N#Cc1ccc(C(Cc2ccc(C(F)(F)F)cc2)Cc2nc[nH]n2)cc1. The predicted molar refractivity (Wildman–Crippen MR) is 89.1 cm³/mol. The predicted octanol–water partition coefficient (Wildman–Crippen LogP) is 4.26. The molecule has 3 rings (SSSR count). The number of nitrogens with zero attached hydrogens (tertiary/aromatic N) is 3. The fraction of sp³-hybridized carbons (Fsp3) is 0.211. The summed E-state index contributed by atoms with van der Waals surface area (Å²) in [6.45, 7) is 0. The molecule has 0 aliphatic heterocycles. The highest BCUT2D eigenvalue weighted by atomic mass is 19.4. The third kappa shape index (κ3) is 4.28. The molecule has 26 heavy (non-hydrogen) atoms. The first-order chi connectivity index (χ1) is 12.5. The number of hydrogen-bond acceptors (Lipinski definition) is 3. The highest BCUT2D eigenvalue weighted by Crippen LogP contribution is 2.30. The zero-order valence-corrected chi connectivity index (χ0v) is 13.7. The van der Waals surface area contributed by atoms with Crippen LogP contribution < -0.4 is 0 Å². The Kier molecular flexibility index (Phi) is 5.03. The number of alkyl halides is 3. The van der Waals surface area contributed by atoms with Crippen molar-refractivity contribution < 1.29 is 13.2 Å². The van der Waals surface area contributed by atoms with Crippen molar-refractivity contribution in [1.82, 2.24) is 15.2 Å². The van der Waals surface area contributed by atoms with Gasteiger partial charge in [0, 0.05) is 6.42 Å². The average molecular weight is 356 g/mol. The summed E-state index contributed by atoms with van der Waals surface area (Å²) in [6, 6.07) is 14.4. The Labute approximate surface area is 148 Å². The number of nitrogens with one attached hydrogen (secondary N) is 1. The molecular formula is C19H15F3N4. The molecule has 132 valence electrons. The van der Waals surface area contributed by atoms with Crippen molar-refractivity contribution in [2.45, 2.75) is 24.9 Å². The molecule has 1 heterocycles.